The fourth-order valence-corrected chi connectivity index (χ4v) is 6.12. The number of hydrogen-bond acceptors (Lipinski definition) is 4. The maximum atomic E-state index is 13.3. The van der Waals surface area contributed by atoms with Crippen LogP contribution in [0, 0.1) is 18.2 Å². The van der Waals surface area contributed by atoms with Gasteiger partial charge >= 0.3 is 0 Å². The van der Waals surface area contributed by atoms with Gasteiger partial charge in [0.25, 0.3) is 0 Å². The van der Waals surface area contributed by atoms with E-state index in [0.29, 0.717) is 13.0 Å². The van der Waals surface area contributed by atoms with E-state index in [2.05, 4.69) is 5.92 Å². The van der Waals surface area contributed by atoms with Crippen molar-refractivity contribution in [2.45, 2.75) is 57.2 Å². The van der Waals surface area contributed by atoms with E-state index in [4.69, 9.17) is 6.42 Å². The molecule has 1 aliphatic carbocycles. The van der Waals surface area contributed by atoms with Gasteiger partial charge in [-0.2, -0.15) is 0 Å². The molecular weight excluding hydrogens is 391 g/mol. The molecule has 0 bridgehead atoms. The monoisotopic (exact) mass is 420 g/mol. The Hall–Kier alpha value is -1.91. The summed E-state index contributed by atoms with van der Waals surface area (Å²) in [6.45, 7) is 0.791. The van der Waals surface area contributed by atoms with Crippen molar-refractivity contribution < 1.29 is 17.6 Å². The molecule has 0 aromatic heterocycles. The van der Waals surface area contributed by atoms with Gasteiger partial charge in [-0.25, -0.2) is 12.8 Å². The van der Waals surface area contributed by atoms with Crippen LogP contribution in [0.4, 0.5) is 4.39 Å². The molecule has 1 amide bonds. The number of terminal acetylenes is 1. The molecule has 1 saturated heterocycles. The molecular formula is C22H29FN2O3S. The highest BCUT2D eigenvalue weighted by atomic mass is 32.2. The maximum Gasteiger partial charge on any atom is 0.237 e. The SMILES string of the molecule is C#CCN(CC(=O)N(Cc1ccc(F)cc1)C1CCCCC1)C1CCS(=O)(=O)C1. The Morgan fingerprint density at radius 2 is 1.79 bits per heavy atom. The highest BCUT2D eigenvalue weighted by Crippen LogP contribution is 2.25. The second-order valence-electron chi connectivity index (χ2n) is 8.11. The minimum Gasteiger partial charge on any atom is -0.334 e. The van der Waals surface area contributed by atoms with Gasteiger partial charge in [0, 0.05) is 18.6 Å². The summed E-state index contributed by atoms with van der Waals surface area (Å²) in [6, 6.07) is 6.18. The summed E-state index contributed by atoms with van der Waals surface area (Å²) in [5.74, 6) is 2.44. The summed E-state index contributed by atoms with van der Waals surface area (Å²) in [7, 11) is -3.06. The van der Waals surface area contributed by atoms with Crippen molar-refractivity contribution in [3.8, 4) is 12.3 Å². The van der Waals surface area contributed by atoms with Gasteiger partial charge < -0.3 is 4.90 Å². The molecule has 1 aromatic carbocycles. The first kappa shape index (κ1) is 21.8. The molecule has 0 N–H and O–H groups in total. The molecule has 1 aromatic rings. The predicted octanol–water partition coefficient (Wildman–Crippen LogP) is 2.61. The molecule has 29 heavy (non-hydrogen) atoms. The van der Waals surface area contributed by atoms with E-state index in [9.17, 15) is 17.6 Å². The van der Waals surface area contributed by atoms with Crippen molar-refractivity contribution in [2.24, 2.45) is 0 Å². The van der Waals surface area contributed by atoms with E-state index in [0.717, 1.165) is 31.2 Å². The molecule has 0 spiro atoms. The van der Waals surface area contributed by atoms with Crippen LogP contribution in [0.5, 0.6) is 0 Å². The molecule has 1 aliphatic heterocycles. The van der Waals surface area contributed by atoms with Gasteiger partial charge in [0.15, 0.2) is 9.84 Å². The first-order valence-corrected chi connectivity index (χ1v) is 12.1. The molecule has 1 heterocycles. The summed E-state index contributed by atoms with van der Waals surface area (Å²) in [6.07, 6.45) is 11.3. The highest BCUT2D eigenvalue weighted by Gasteiger charge is 2.34. The molecule has 3 rings (SSSR count). The third-order valence-corrected chi connectivity index (χ3v) is 7.71. The second kappa shape index (κ2) is 9.73. The van der Waals surface area contributed by atoms with Gasteiger partial charge in [-0.05, 0) is 37.0 Å². The lowest BCUT2D eigenvalue weighted by Gasteiger charge is -2.36. The average molecular weight is 421 g/mol. The Kier molecular flexibility index (Phi) is 7.31. The molecule has 158 valence electrons. The van der Waals surface area contributed by atoms with Crippen LogP contribution in [0.2, 0.25) is 0 Å². The van der Waals surface area contributed by atoms with Gasteiger partial charge in [-0.3, -0.25) is 9.69 Å². The van der Waals surface area contributed by atoms with Crippen molar-refractivity contribution in [1.82, 2.24) is 9.80 Å². The number of halogens is 1. The topological polar surface area (TPSA) is 57.7 Å². The normalized spacial score (nSPS) is 21.8. The number of carbonyl (C=O) groups excluding carboxylic acids is 1. The number of benzene rings is 1. The van der Waals surface area contributed by atoms with Crippen LogP contribution in [0.1, 0.15) is 44.1 Å². The fourth-order valence-electron chi connectivity index (χ4n) is 4.36. The van der Waals surface area contributed by atoms with E-state index in [-0.39, 0.29) is 48.4 Å². The molecule has 7 heteroatoms. The Balaban J connectivity index is 1.75. The van der Waals surface area contributed by atoms with E-state index < -0.39 is 9.84 Å². The predicted molar refractivity (Wildman–Crippen MR) is 111 cm³/mol. The quantitative estimate of drug-likeness (QED) is 0.637. The van der Waals surface area contributed by atoms with Gasteiger partial charge in [0.2, 0.25) is 5.91 Å². The van der Waals surface area contributed by atoms with Crippen LogP contribution in [0.15, 0.2) is 24.3 Å². The zero-order valence-corrected chi connectivity index (χ0v) is 17.5. The number of rotatable bonds is 7. The van der Waals surface area contributed by atoms with Gasteiger partial charge in [-0.15, -0.1) is 6.42 Å². The Morgan fingerprint density at radius 3 is 2.38 bits per heavy atom. The Bertz CT molecular complexity index is 842. The van der Waals surface area contributed by atoms with Crippen LogP contribution >= 0.6 is 0 Å². The third kappa shape index (κ3) is 6.03. The van der Waals surface area contributed by atoms with Crippen molar-refractivity contribution in [1.29, 1.82) is 0 Å². The molecule has 5 nitrogen and oxygen atoms in total. The van der Waals surface area contributed by atoms with Gasteiger partial charge in [0.05, 0.1) is 24.6 Å². The minimum absolute atomic E-state index is 0.0410. The van der Waals surface area contributed by atoms with Crippen molar-refractivity contribution in [2.75, 3.05) is 24.6 Å². The smallest absolute Gasteiger partial charge is 0.237 e. The number of nitrogens with zero attached hydrogens (tertiary/aromatic N) is 2. The number of carbonyl (C=O) groups is 1. The minimum atomic E-state index is -3.06. The lowest BCUT2D eigenvalue weighted by molar-refractivity contribution is -0.136. The maximum absolute atomic E-state index is 13.3. The zero-order chi connectivity index (χ0) is 20.9. The van der Waals surface area contributed by atoms with E-state index in [1.807, 2.05) is 9.80 Å². The molecule has 2 aliphatic rings. The van der Waals surface area contributed by atoms with Crippen molar-refractivity contribution in [3.63, 3.8) is 0 Å². The molecule has 2 fully saturated rings. The second-order valence-corrected chi connectivity index (χ2v) is 10.3. The molecule has 1 saturated carbocycles. The number of hydrogen-bond donors (Lipinski definition) is 0. The average Bonchev–Trinajstić information content (AvgIpc) is 3.07. The third-order valence-electron chi connectivity index (χ3n) is 5.96. The summed E-state index contributed by atoms with van der Waals surface area (Å²) < 4.78 is 37.0. The van der Waals surface area contributed by atoms with E-state index in [1.165, 1.54) is 18.6 Å². The summed E-state index contributed by atoms with van der Waals surface area (Å²) in [4.78, 5) is 17.0. The van der Waals surface area contributed by atoms with Crippen LogP contribution < -0.4 is 0 Å². The summed E-state index contributed by atoms with van der Waals surface area (Å²) in [5, 5.41) is 0. The zero-order valence-electron chi connectivity index (χ0n) is 16.7. The van der Waals surface area contributed by atoms with Gasteiger partial charge in [0.1, 0.15) is 5.82 Å². The summed E-state index contributed by atoms with van der Waals surface area (Å²) in [5.41, 5.74) is 0.886. The molecule has 1 unspecified atom stereocenters. The van der Waals surface area contributed by atoms with Crippen LogP contribution in [0.3, 0.4) is 0 Å². The van der Waals surface area contributed by atoms with Crippen LogP contribution in [-0.4, -0.2) is 60.8 Å². The lowest BCUT2D eigenvalue weighted by Crippen LogP contribution is -2.48. The van der Waals surface area contributed by atoms with Crippen molar-refractivity contribution in [3.05, 3.63) is 35.6 Å². The van der Waals surface area contributed by atoms with Crippen LogP contribution in [-0.2, 0) is 21.2 Å². The number of sulfone groups is 1. The highest BCUT2D eigenvalue weighted by molar-refractivity contribution is 7.91. The van der Waals surface area contributed by atoms with Crippen molar-refractivity contribution >= 4 is 15.7 Å². The first-order chi connectivity index (χ1) is 13.9. The Labute approximate surface area is 173 Å². The lowest BCUT2D eigenvalue weighted by atomic mass is 9.93. The summed E-state index contributed by atoms with van der Waals surface area (Å²) >= 11 is 0. The molecule has 1 atom stereocenters. The standard InChI is InChI=1S/C22H29FN2O3S/c1-2-13-24(21-12-14-29(27,28)17-21)16-22(26)25(20-6-4-3-5-7-20)15-18-8-10-19(23)11-9-18/h1,8-11,20-21H,3-7,12-17H2. The Morgan fingerprint density at radius 1 is 1.10 bits per heavy atom. The van der Waals surface area contributed by atoms with Crippen LogP contribution in [0.25, 0.3) is 0 Å². The van der Waals surface area contributed by atoms with E-state index in [1.54, 1.807) is 12.1 Å². The fraction of sp³-hybridized carbons (Fsp3) is 0.591. The van der Waals surface area contributed by atoms with Gasteiger partial charge in [-0.1, -0.05) is 37.3 Å². The first-order valence-electron chi connectivity index (χ1n) is 10.3. The van der Waals surface area contributed by atoms with E-state index >= 15 is 0 Å². The number of amides is 1. The largest absolute Gasteiger partial charge is 0.334 e. The molecule has 0 radical (unpaired) electrons.